The van der Waals surface area contributed by atoms with Gasteiger partial charge in [-0.25, -0.2) is 0 Å². The molecule has 2 aliphatic rings. The van der Waals surface area contributed by atoms with Gasteiger partial charge < -0.3 is 66.6 Å². The summed E-state index contributed by atoms with van der Waals surface area (Å²) in [4.78, 5) is 1.56. The molecule has 0 bridgehead atoms. The number of aliphatic hydroxyl groups is 12. The molecule has 2 rings (SSSR count). The predicted molar refractivity (Wildman–Crippen MR) is 107 cm³/mol. The molecule has 13 N–H and O–H groups in total. The fourth-order valence-corrected chi connectivity index (χ4v) is 3.91. The normalized spacial score (nSPS) is 40.8. The molecule has 2 fully saturated rings. The molecule has 1 unspecified atom stereocenters. The minimum Gasteiger partial charge on any atom is -0.395 e. The lowest BCUT2D eigenvalue weighted by Gasteiger charge is -2.46. The van der Waals surface area contributed by atoms with Gasteiger partial charge in [-0.1, -0.05) is 0 Å². The maximum absolute atomic E-state index is 9.93. The van der Waals surface area contributed by atoms with Gasteiger partial charge in [0.15, 0.2) is 0 Å². The van der Waals surface area contributed by atoms with Crippen LogP contribution in [0.25, 0.3) is 0 Å². The Hall–Kier alpha value is -0.560. The van der Waals surface area contributed by atoms with E-state index in [1.807, 2.05) is 0 Å². The van der Waals surface area contributed by atoms with Gasteiger partial charge in [0.1, 0.15) is 30.0 Å². The quantitative estimate of drug-likeness (QED) is 0.156. The summed E-state index contributed by atoms with van der Waals surface area (Å²) in [5, 5.41) is 114. The van der Waals surface area contributed by atoms with Gasteiger partial charge in [0.25, 0.3) is 0 Å². The highest BCUT2D eigenvalue weighted by Crippen LogP contribution is 2.29. The first-order chi connectivity index (χ1) is 15.0. The Kier molecular flexibility index (Phi) is 12.3. The number of nitrogens with one attached hydrogen (secondary N) is 1. The summed E-state index contributed by atoms with van der Waals surface area (Å²) < 4.78 is 0. The molecule has 1 saturated heterocycles. The highest BCUT2D eigenvalue weighted by molar-refractivity contribution is 5.05. The maximum Gasteiger partial charge on any atom is 0.118 e. The van der Waals surface area contributed by atoms with Crippen LogP contribution in [0.5, 0.6) is 0 Å². The standard InChI is InChI=1S/C10H21NO7.C8H17NO5/c12-2-5(3-13)11-6-1-10(18,4-14)9(17)8(16)7(6)15;10-2-1-9-3-6(12)8(14)7(13)5(9)4-11/h5-9,11-18H,1-4H2;5-8,10-14H,1-4H2/t6-,7-,8+,9-,10-;5?,6-,7+,8+/m00/s1. The van der Waals surface area contributed by atoms with E-state index in [9.17, 15) is 35.7 Å². The minimum absolute atomic E-state index is 0.119. The number of aliphatic hydroxyl groups excluding tert-OH is 11. The second-order valence-corrected chi connectivity index (χ2v) is 8.24. The van der Waals surface area contributed by atoms with Gasteiger partial charge in [-0.15, -0.1) is 0 Å². The third-order valence-electron chi connectivity index (χ3n) is 5.98. The van der Waals surface area contributed by atoms with Crippen LogP contribution in [0.1, 0.15) is 6.42 Å². The van der Waals surface area contributed by atoms with Crippen molar-refractivity contribution in [1.82, 2.24) is 10.2 Å². The van der Waals surface area contributed by atoms with E-state index in [1.54, 1.807) is 4.90 Å². The van der Waals surface area contributed by atoms with Crippen LogP contribution in [0.4, 0.5) is 0 Å². The van der Waals surface area contributed by atoms with Crippen molar-refractivity contribution in [3.8, 4) is 0 Å². The molecule has 0 amide bonds. The number of nitrogens with zero attached hydrogens (tertiary/aromatic N) is 1. The van der Waals surface area contributed by atoms with Crippen LogP contribution in [0.15, 0.2) is 0 Å². The summed E-state index contributed by atoms with van der Waals surface area (Å²) in [6.07, 6.45) is -8.37. The van der Waals surface area contributed by atoms with E-state index in [1.165, 1.54) is 0 Å². The van der Waals surface area contributed by atoms with E-state index in [0.717, 1.165) is 0 Å². The molecule has 0 aromatic rings. The fourth-order valence-electron chi connectivity index (χ4n) is 3.91. The first-order valence-corrected chi connectivity index (χ1v) is 10.4. The molecule has 1 heterocycles. The molecule has 14 nitrogen and oxygen atoms in total. The van der Waals surface area contributed by atoms with Crippen molar-refractivity contribution in [2.24, 2.45) is 0 Å². The molecular weight excluding hydrogens is 436 g/mol. The summed E-state index contributed by atoms with van der Waals surface area (Å²) in [5.74, 6) is 0. The minimum atomic E-state index is -1.94. The summed E-state index contributed by atoms with van der Waals surface area (Å²) in [7, 11) is 0. The molecule has 0 aromatic heterocycles. The summed E-state index contributed by atoms with van der Waals surface area (Å²) in [6, 6.07) is -2.22. The van der Waals surface area contributed by atoms with Crippen molar-refractivity contribution in [2.45, 2.75) is 66.8 Å². The number of hydrogen-bond acceptors (Lipinski definition) is 14. The Morgan fingerprint density at radius 2 is 1.44 bits per heavy atom. The average Bonchev–Trinajstić information content (AvgIpc) is 2.78. The van der Waals surface area contributed by atoms with Crippen molar-refractivity contribution in [2.75, 3.05) is 46.1 Å². The second kappa shape index (κ2) is 13.4. The van der Waals surface area contributed by atoms with Gasteiger partial charge in [0.05, 0.1) is 57.3 Å². The lowest BCUT2D eigenvalue weighted by molar-refractivity contribution is -0.207. The number of β-amino-alcohol motifs (C(OH)–C–C–N with tert-alkyl or cyclic N) is 2. The van der Waals surface area contributed by atoms with Crippen molar-refractivity contribution in [3.63, 3.8) is 0 Å². The van der Waals surface area contributed by atoms with Crippen LogP contribution in [-0.2, 0) is 0 Å². The zero-order valence-electron chi connectivity index (χ0n) is 17.7. The van der Waals surface area contributed by atoms with Gasteiger partial charge in [0, 0.05) is 19.1 Å². The van der Waals surface area contributed by atoms with Gasteiger partial charge in [-0.2, -0.15) is 0 Å². The predicted octanol–water partition coefficient (Wildman–Crippen LogP) is -7.75. The van der Waals surface area contributed by atoms with Crippen LogP contribution in [0.2, 0.25) is 0 Å². The number of hydrogen-bond donors (Lipinski definition) is 13. The number of piperidine rings is 1. The monoisotopic (exact) mass is 474 g/mol. The van der Waals surface area contributed by atoms with E-state index in [-0.39, 0.29) is 32.7 Å². The Balaban J connectivity index is 0.000000330. The van der Waals surface area contributed by atoms with Gasteiger partial charge in [-0.3, -0.25) is 4.90 Å². The van der Waals surface area contributed by atoms with Crippen LogP contribution in [0.3, 0.4) is 0 Å². The molecule has 1 saturated carbocycles. The zero-order valence-corrected chi connectivity index (χ0v) is 17.7. The lowest BCUT2D eigenvalue weighted by atomic mass is 9.76. The van der Waals surface area contributed by atoms with Crippen LogP contribution in [0, 0.1) is 0 Å². The summed E-state index contributed by atoms with van der Waals surface area (Å²) in [5.41, 5.74) is -1.94. The van der Waals surface area contributed by atoms with Gasteiger partial charge in [0.2, 0.25) is 0 Å². The Labute approximate surface area is 185 Å². The molecular formula is C18H38N2O12. The van der Waals surface area contributed by atoms with Crippen LogP contribution in [-0.4, -0.2) is 173 Å². The summed E-state index contributed by atoms with van der Waals surface area (Å²) >= 11 is 0. The zero-order chi connectivity index (χ0) is 24.6. The number of likely N-dealkylation sites (tertiary alicyclic amines) is 1. The van der Waals surface area contributed by atoms with E-state index in [2.05, 4.69) is 5.32 Å². The smallest absolute Gasteiger partial charge is 0.118 e. The molecule has 9 atom stereocenters. The molecule has 32 heavy (non-hydrogen) atoms. The topological polar surface area (TPSA) is 258 Å². The molecule has 1 aliphatic heterocycles. The van der Waals surface area contributed by atoms with Crippen molar-refractivity contribution in [1.29, 1.82) is 0 Å². The van der Waals surface area contributed by atoms with Crippen molar-refractivity contribution in [3.05, 3.63) is 0 Å². The highest BCUT2D eigenvalue weighted by Gasteiger charge is 2.51. The molecule has 1 aliphatic carbocycles. The van der Waals surface area contributed by atoms with Crippen molar-refractivity contribution < 1.29 is 61.3 Å². The Morgan fingerprint density at radius 1 is 0.844 bits per heavy atom. The van der Waals surface area contributed by atoms with Gasteiger partial charge >= 0.3 is 0 Å². The molecule has 0 radical (unpaired) electrons. The molecule has 14 heteroatoms. The lowest BCUT2D eigenvalue weighted by Crippen LogP contribution is -2.68. The SMILES string of the molecule is OCC(CO)N[C@H]1C[C@](O)(CO)[C@@H](O)[C@H](O)[C@H]1O.OCCN1C[C@H](O)[C@@H](O)[C@H](O)C1CO. The first-order valence-electron chi connectivity index (χ1n) is 10.4. The molecule has 192 valence electrons. The first kappa shape index (κ1) is 29.5. The van der Waals surface area contributed by atoms with E-state index >= 15 is 0 Å². The third kappa shape index (κ3) is 6.97. The Bertz CT molecular complexity index is 530. The third-order valence-corrected chi connectivity index (χ3v) is 5.98. The number of rotatable bonds is 8. The molecule has 0 spiro atoms. The second-order valence-electron chi connectivity index (χ2n) is 8.24. The van der Waals surface area contributed by atoms with Gasteiger partial charge in [-0.05, 0) is 6.42 Å². The van der Waals surface area contributed by atoms with E-state index < -0.39 is 80.2 Å². The average molecular weight is 475 g/mol. The molecule has 0 aromatic carbocycles. The van der Waals surface area contributed by atoms with Crippen LogP contribution < -0.4 is 5.32 Å². The largest absolute Gasteiger partial charge is 0.395 e. The Morgan fingerprint density at radius 3 is 1.91 bits per heavy atom. The van der Waals surface area contributed by atoms with E-state index in [4.69, 9.17) is 25.5 Å². The maximum atomic E-state index is 9.93. The van der Waals surface area contributed by atoms with Crippen molar-refractivity contribution >= 4 is 0 Å². The van der Waals surface area contributed by atoms with E-state index in [0.29, 0.717) is 0 Å². The fraction of sp³-hybridized carbons (Fsp3) is 1.00. The summed E-state index contributed by atoms with van der Waals surface area (Å²) in [6.45, 7) is -1.60. The van der Waals surface area contributed by atoms with Crippen LogP contribution >= 0.6 is 0 Å². The highest BCUT2D eigenvalue weighted by atomic mass is 16.4.